The van der Waals surface area contributed by atoms with E-state index in [4.69, 9.17) is 22.1 Å². The lowest BCUT2D eigenvalue weighted by molar-refractivity contribution is -0.121. The second-order valence-electron chi connectivity index (χ2n) is 5.21. The fourth-order valence-corrected chi connectivity index (χ4v) is 2.21. The third kappa shape index (κ3) is 6.82. The van der Waals surface area contributed by atoms with Crippen molar-refractivity contribution in [2.24, 2.45) is 5.92 Å². The standard InChI is InChI=1S/C16H25ClN2O2/c1-3-5-6-12(4-2)10-21-11-16(20)19-15-9-13(17)7-8-14(15)18/h7-9,12H,3-6,10-11,18H2,1-2H3,(H,19,20). The van der Waals surface area contributed by atoms with Crippen molar-refractivity contribution < 1.29 is 9.53 Å². The van der Waals surface area contributed by atoms with Crippen LogP contribution in [-0.4, -0.2) is 19.1 Å². The van der Waals surface area contributed by atoms with Crippen molar-refractivity contribution in [3.8, 4) is 0 Å². The number of nitrogens with two attached hydrogens (primary N) is 1. The fourth-order valence-electron chi connectivity index (χ4n) is 2.04. The first-order valence-electron chi connectivity index (χ1n) is 7.49. The Kier molecular flexibility index (Phi) is 8.16. The Balaban J connectivity index is 2.35. The van der Waals surface area contributed by atoms with Gasteiger partial charge in [-0.1, -0.05) is 44.7 Å². The molecule has 1 aromatic rings. The Bertz CT molecular complexity index is 452. The third-order valence-electron chi connectivity index (χ3n) is 3.42. The highest BCUT2D eigenvalue weighted by atomic mass is 35.5. The van der Waals surface area contributed by atoms with Gasteiger partial charge in [-0.25, -0.2) is 0 Å². The first-order valence-corrected chi connectivity index (χ1v) is 7.87. The van der Waals surface area contributed by atoms with Gasteiger partial charge in [-0.15, -0.1) is 0 Å². The third-order valence-corrected chi connectivity index (χ3v) is 3.65. The highest BCUT2D eigenvalue weighted by molar-refractivity contribution is 6.31. The summed E-state index contributed by atoms with van der Waals surface area (Å²) in [6, 6.07) is 4.98. The summed E-state index contributed by atoms with van der Waals surface area (Å²) in [7, 11) is 0. The predicted octanol–water partition coefficient (Wildman–Crippen LogP) is 4.09. The minimum absolute atomic E-state index is 0.0363. The van der Waals surface area contributed by atoms with Crippen LogP contribution in [0.3, 0.4) is 0 Å². The molecule has 3 N–H and O–H groups in total. The monoisotopic (exact) mass is 312 g/mol. The summed E-state index contributed by atoms with van der Waals surface area (Å²) in [5.74, 6) is 0.309. The molecule has 21 heavy (non-hydrogen) atoms. The van der Waals surface area contributed by atoms with E-state index < -0.39 is 0 Å². The Labute approximate surface area is 132 Å². The van der Waals surface area contributed by atoms with Gasteiger partial charge in [-0.05, 0) is 30.5 Å². The van der Waals surface area contributed by atoms with E-state index in [1.165, 1.54) is 12.8 Å². The van der Waals surface area contributed by atoms with E-state index in [1.807, 2.05) is 0 Å². The number of anilines is 2. The van der Waals surface area contributed by atoms with E-state index in [9.17, 15) is 4.79 Å². The fraction of sp³-hybridized carbons (Fsp3) is 0.562. The summed E-state index contributed by atoms with van der Waals surface area (Å²) < 4.78 is 5.50. The Morgan fingerprint density at radius 3 is 2.86 bits per heavy atom. The topological polar surface area (TPSA) is 64.3 Å². The first-order chi connectivity index (χ1) is 10.1. The van der Waals surface area contributed by atoms with Crippen molar-refractivity contribution in [3.63, 3.8) is 0 Å². The zero-order valence-corrected chi connectivity index (χ0v) is 13.6. The van der Waals surface area contributed by atoms with Crippen LogP contribution >= 0.6 is 11.6 Å². The van der Waals surface area contributed by atoms with E-state index in [1.54, 1.807) is 18.2 Å². The molecule has 0 radical (unpaired) electrons. The normalized spacial score (nSPS) is 12.1. The molecule has 0 aromatic heterocycles. The highest BCUT2D eigenvalue weighted by Crippen LogP contribution is 2.22. The Morgan fingerprint density at radius 1 is 1.43 bits per heavy atom. The summed E-state index contributed by atoms with van der Waals surface area (Å²) in [6.45, 7) is 4.98. The van der Waals surface area contributed by atoms with Gasteiger partial charge in [0.05, 0.1) is 18.0 Å². The number of hydrogen-bond donors (Lipinski definition) is 2. The molecule has 0 heterocycles. The molecule has 0 spiro atoms. The zero-order valence-electron chi connectivity index (χ0n) is 12.8. The molecule has 0 aliphatic carbocycles. The first kappa shape index (κ1) is 17.8. The van der Waals surface area contributed by atoms with Crippen LogP contribution in [0.1, 0.15) is 39.5 Å². The minimum atomic E-state index is -0.214. The van der Waals surface area contributed by atoms with Gasteiger partial charge in [0, 0.05) is 5.02 Å². The number of amides is 1. The molecule has 1 aromatic carbocycles. The summed E-state index contributed by atoms with van der Waals surface area (Å²) >= 11 is 5.88. The summed E-state index contributed by atoms with van der Waals surface area (Å²) in [6.07, 6.45) is 4.61. The number of benzene rings is 1. The van der Waals surface area contributed by atoms with Crippen LogP contribution in [0.2, 0.25) is 5.02 Å². The molecule has 5 heteroatoms. The molecule has 1 atom stereocenters. The van der Waals surface area contributed by atoms with Crippen LogP contribution in [0.25, 0.3) is 0 Å². The number of nitrogens with one attached hydrogen (secondary N) is 1. The summed E-state index contributed by atoms with van der Waals surface area (Å²) in [5, 5.41) is 3.25. The van der Waals surface area contributed by atoms with Gasteiger partial charge < -0.3 is 15.8 Å². The maximum atomic E-state index is 11.8. The maximum Gasteiger partial charge on any atom is 0.250 e. The van der Waals surface area contributed by atoms with Crippen LogP contribution in [0, 0.1) is 5.92 Å². The highest BCUT2D eigenvalue weighted by Gasteiger charge is 2.09. The van der Waals surface area contributed by atoms with Crippen molar-refractivity contribution in [2.45, 2.75) is 39.5 Å². The van der Waals surface area contributed by atoms with Gasteiger partial charge in [-0.2, -0.15) is 0 Å². The quantitative estimate of drug-likeness (QED) is 0.675. The van der Waals surface area contributed by atoms with Crippen LogP contribution < -0.4 is 11.1 Å². The van der Waals surface area contributed by atoms with Crippen LogP contribution in [0.4, 0.5) is 11.4 Å². The van der Waals surface area contributed by atoms with Crippen molar-refractivity contribution in [1.82, 2.24) is 0 Å². The molecule has 118 valence electrons. The van der Waals surface area contributed by atoms with E-state index >= 15 is 0 Å². The number of hydrogen-bond acceptors (Lipinski definition) is 3. The van der Waals surface area contributed by atoms with Crippen LogP contribution in [0.15, 0.2) is 18.2 Å². The van der Waals surface area contributed by atoms with Crippen molar-refractivity contribution >= 4 is 28.9 Å². The minimum Gasteiger partial charge on any atom is -0.397 e. The number of rotatable bonds is 9. The smallest absolute Gasteiger partial charge is 0.250 e. The molecular weight excluding hydrogens is 288 g/mol. The van der Waals surface area contributed by atoms with Crippen molar-refractivity contribution in [3.05, 3.63) is 23.2 Å². The number of nitrogen functional groups attached to an aromatic ring is 1. The van der Waals surface area contributed by atoms with Crippen molar-refractivity contribution in [1.29, 1.82) is 0 Å². The second-order valence-corrected chi connectivity index (χ2v) is 5.65. The molecule has 0 aliphatic rings. The second kappa shape index (κ2) is 9.64. The lowest BCUT2D eigenvalue weighted by Gasteiger charge is -2.15. The summed E-state index contributed by atoms with van der Waals surface area (Å²) in [4.78, 5) is 11.8. The predicted molar refractivity (Wildman–Crippen MR) is 88.6 cm³/mol. The largest absolute Gasteiger partial charge is 0.397 e. The molecule has 0 bridgehead atoms. The van der Waals surface area contributed by atoms with Crippen LogP contribution in [0.5, 0.6) is 0 Å². The van der Waals surface area contributed by atoms with Gasteiger partial charge in [0.2, 0.25) is 5.91 Å². The molecule has 0 fully saturated rings. The number of unbranched alkanes of at least 4 members (excludes halogenated alkanes) is 1. The van der Waals surface area contributed by atoms with Gasteiger partial charge in [0.25, 0.3) is 0 Å². The molecule has 0 saturated carbocycles. The average Bonchev–Trinajstić information content (AvgIpc) is 2.46. The Hall–Kier alpha value is -1.26. The molecular formula is C16H25ClN2O2. The maximum absolute atomic E-state index is 11.8. The lowest BCUT2D eigenvalue weighted by atomic mass is 10.0. The van der Waals surface area contributed by atoms with E-state index in [-0.39, 0.29) is 12.5 Å². The molecule has 0 saturated heterocycles. The van der Waals surface area contributed by atoms with E-state index in [2.05, 4.69) is 19.2 Å². The molecule has 1 unspecified atom stereocenters. The van der Waals surface area contributed by atoms with Gasteiger partial charge in [-0.3, -0.25) is 4.79 Å². The Morgan fingerprint density at radius 2 is 2.19 bits per heavy atom. The zero-order chi connectivity index (χ0) is 15.7. The number of ether oxygens (including phenoxy) is 1. The molecule has 1 amide bonds. The molecule has 0 aliphatic heterocycles. The van der Waals surface area contributed by atoms with Gasteiger partial charge in [0.15, 0.2) is 0 Å². The van der Waals surface area contributed by atoms with Gasteiger partial charge in [0.1, 0.15) is 6.61 Å². The molecule has 4 nitrogen and oxygen atoms in total. The molecule has 1 rings (SSSR count). The average molecular weight is 313 g/mol. The van der Waals surface area contributed by atoms with Crippen molar-refractivity contribution in [2.75, 3.05) is 24.3 Å². The number of halogens is 1. The van der Waals surface area contributed by atoms with E-state index in [0.29, 0.717) is 28.9 Å². The van der Waals surface area contributed by atoms with Crippen LogP contribution in [-0.2, 0) is 9.53 Å². The summed E-state index contributed by atoms with van der Waals surface area (Å²) in [5.41, 5.74) is 6.79. The van der Waals surface area contributed by atoms with Gasteiger partial charge >= 0.3 is 0 Å². The van der Waals surface area contributed by atoms with E-state index in [0.717, 1.165) is 12.8 Å². The SMILES string of the molecule is CCCCC(CC)COCC(=O)Nc1cc(Cl)ccc1N. The number of carbonyl (C=O) groups is 1. The lowest BCUT2D eigenvalue weighted by Crippen LogP contribution is -2.21. The number of carbonyl (C=O) groups excluding carboxylic acids is 1.